The minimum Gasteiger partial charge on any atom is -0.493 e. The number of ether oxygens (including phenoxy) is 2. The first kappa shape index (κ1) is 17.0. The van der Waals surface area contributed by atoms with Gasteiger partial charge in [-0.25, -0.2) is 0 Å². The summed E-state index contributed by atoms with van der Waals surface area (Å²) >= 11 is 3.40. The highest BCUT2D eigenvalue weighted by Crippen LogP contribution is 2.29. The molecule has 0 unspecified atom stereocenters. The van der Waals surface area contributed by atoms with Crippen molar-refractivity contribution in [3.05, 3.63) is 34.6 Å². The van der Waals surface area contributed by atoms with Gasteiger partial charge in [-0.2, -0.15) is 21.4 Å². The Morgan fingerprint density at radius 2 is 1.96 bits per heavy atom. The van der Waals surface area contributed by atoms with Gasteiger partial charge in [-0.3, -0.25) is 0 Å². The lowest BCUT2D eigenvalue weighted by molar-refractivity contribution is 0.354. The quantitative estimate of drug-likeness (QED) is 0.640. The fourth-order valence-corrected chi connectivity index (χ4v) is 3.81. The van der Waals surface area contributed by atoms with E-state index in [1.54, 1.807) is 25.6 Å². The monoisotopic (exact) mass is 364 g/mol. The Morgan fingerprint density at radius 1 is 1.17 bits per heavy atom. The van der Waals surface area contributed by atoms with Crippen LogP contribution in [0.3, 0.4) is 0 Å². The van der Waals surface area contributed by atoms with Crippen molar-refractivity contribution in [2.45, 2.75) is 31.3 Å². The van der Waals surface area contributed by atoms with Gasteiger partial charge in [0.25, 0.3) is 0 Å². The molecular weight excluding hydrogens is 344 g/mol. The number of rotatable bonds is 7. The molecule has 24 heavy (non-hydrogen) atoms. The van der Waals surface area contributed by atoms with Crippen LogP contribution in [0.1, 0.15) is 30.2 Å². The van der Waals surface area contributed by atoms with Gasteiger partial charge >= 0.3 is 0 Å². The summed E-state index contributed by atoms with van der Waals surface area (Å²) < 4.78 is 12.5. The van der Waals surface area contributed by atoms with Gasteiger partial charge in [-0.1, -0.05) is 31.3 Å². The Kier molecular flexibility index (Phi) is 5.25. The van der Waals surface area contributed by atoms with E-state index in [2.05, 4.69) is 29.1 Å². The number of methoxy groups -OCH3 is 2. The van der Waals surface area contributed by atoms with Crippen LogP contribution in [0.5, 0.6) is 11.5 Å². The molecule has 0 saturated carbocycles. The molecule has 0 N–H and O–H groups in total. The van der Waals surface area contributed by atoms with Crippen LogP contribution in [0.15, 0.2) is 18.2 Å². The summed E-state index contributed by atoms with van der Waals surface area (Å²) in [6, 6.07) is 5.93. The van der Waals surface area contributed by atoms with Crippen molar-refractivity contribution in [2.24, 2.45) is 0 Å². The Labute approximate surface area is 149 Å². The third-order valence-electron chi connectivity index (χ3n) is 3.45. The zero-order chi connectivity index (χ0) is 17.1. The smallest absolute Gasteiger partial charge is 0.234 e. The molecule has 0 atom stereocenters. The Balaban J connectivity index is 1.80. The summed E-state index contributed by atoms with van der Waals surface area (Å²) in [5.41, 5.74) is 1.12. The first-order valence-corrected chi connectivity index (χ1v) is 9.49. The molecule has 0 spiro atoms. The molecule has 0 amide bonds. The molecule has 0 aliphatic carbocycles. The number of fused-ring (bicyclic) bond motifs is 1. The lowest BCUT2D eigenvalue weighted by Gasteiger charge is -2.08. The van der Waals surface area contributed by atoms with E-state index in [1.165, 1.54) is 0 Å². The molecule has 0 radical (unpaired) electrons. The van der Waals surface area contributed by atoms with Gasteiger partial charge in [-0.15, -0.1) is 10.2 Å². The summed E-state index contributed by atoms with van der Waals surface area (Å²) in [5, 5.41) is 14.7. The van der Waals surface area contributed by atoms with Gasteiger partial charge in [0, 0.05) is 6.42 Å². The highest BCUT2D eigenvalue weighted by molar-refractivity contribution is 7.99. The van der Waals surface area contributed by atoms with Crippen LogP contribution in [0.4, 0.5) is 0 Å². The summed E-state index contributed by atoms with van der Waals surface area (Å²) in [6.45, 7) is 4.35. The standard InChI is InChI=1S/C16H20N4O2S2/c1-10(2)23-9-14-17-18-16-20(14)19-15(24-16)8-11-5-6-12(21-3)13(7-11)22-4/h5-7,10H,8-9H2,1-4H3. The number of nitrogens with zero attached hydrogens (tertiary/aromatic N) is 4. The molecule has 0 aliphatic heterocycles. The van der Waals surface area contributed by atoms with Gasteiger partial charge in [0.05, 0.1) is 20.0 Å². The van der Waals surface area contributed by atoms with E-state index in [4.69, 9.17) is 9.47 Å². The molecule has 0 saturated heterocycles. The molecule has 3 aromatic rings. The summed E-state index contributed by atoms with van der Waals surface area (Å²) in [7, 11) is 3.28. The maximum atomic E-state index is 5.36. The molecule has 8 heteroatoms. The molecule has 0 aliphatic rings. The third-order valence-corrected chi connectivity index (χ3v) is 5.44. The average molecular weight is 364 g/mol. The molecule has 2 aromatic heterocycles. The first-order valence-electron chi connectivity index (χ1n) is 7.63. The van der Waals surface area contributed by atoms with Crippen LogP contribution < -0.4 is 9.47 Å². The number of hydrogen-bond acceptors (Lipinski definition) is 7. The molecule has 3 rings (SSSR count). The van der Waals surface area contributed by atoms with E-state index in [1.807, 2.05) is 34.5 Å². The van der Waals surface area contributed by atoms with Crippen LogP contribution >= 0.6 is 23.1 Å². The summed E-state index contributed by atoms with van der Waals surface area (Å²) in [6.07, 6.45) is 0.727. The normalized spacial score (nSPS) is 11.4. The number of hydrogen-bond donors (Lipinski definition) is 0. The molecular formula is C16H20N4O2S2. The van der Waals surface area contributed by atoms with E-state index in [-0.39, 0.29) is 0 Å². The zero-order valence-corrected chi connectivity index (χ0v) is 15.8. The summed E-state index contributed by atoms with van der Waals surface area (Å²) in [4.78, 5) is 0.838. The lowest BCUT2D eigenvalue weighted by Crippen LogP contribution is -1.98. The second-order valence-electron chi connectivity index (χ2n) is 5.53. The van der Waals surface area contributed by atoms with E-state index in [0.717, 1.165) is 45.0 Å². The van der Waals surface area contributed by atoms with Gasteiger partial charge in [0.2, 0.25) is 4.96 Å². The lowest BCUT2D eigenvalue weighted by atomic mass is 10.1. The van der Waals surface area contributed by atoms with Crippen molar-refractivity contribution in [1.29, 1.82) is 0 Å². The number of aromatic nitrogens is 4. The number of benzene rings is 1. The van der Waals surface area contributed by atoms with Gasteiger partial charge in [0.1, 0.15) is 5.01 Å². The van der Waals surface area contributed by atoms with Crippen LogP contribution in [0, 0.1) is 0 Å². The second kappa shape index (κ2) is 7.40. The Hall–Kier alpha value is -1.80. The fraction of sp³-hybridized carbons (Fsp3) is 0.438. The van der Waals surface area contributed by atoms with Gasteiger partial charge in [-0.05, 0) is 22.9 Å². The predicted octanol–water partition coefficient (Wildman–Crippen LogP) is 3.44. The second-order valence-corrected chi connectivity index (χ2v) is 8.14. The highest BCUT2D eigenvalue weighted by Gasteiger charge is 2.13. The van der Waals surface area contributed by atoms with Crippen molar-refractivity contribution in [2.75, 3.05) is 14.2 Å². The van der Waals surface area contributed by atoms with E-state index in [0.29, 0.717) is 5.25 Å². The van der Waals surface area contributed by atoms with Crippen molar-refractivity contribution in [3.63, 3.8) is 0 Å². The molecule has 128 valence electrons. The minimum atomic E-state index is 0.558. The largest absolute Gasteiger partial charge is 0.493 e. The zero-order valence-electron chi connectivity index (χ0n) is 14.1. The predicted molar refractivity (Wildman–Crippen MR) is 97.4 cm³/mol. The van der Waals surface area contributed by atoms with Crippen molar-refractivity contribution < 1.29 is 9.47 Å². The van der Waals surface area contributed by atoms with Crippen molar-refractivity contribution in [1.82, 2.24) is 19.8 Å². The van der Waals surface area contributed by atoms with E-state index in [9.17, 15) is 0 Å². The maximum Gasteiger partial charge on any atom is 0.234 e. The molecule has 1 aromatic carbocycles. The molecule has 2 heterocycles. The van der Waals surface area contributed by atoms with Gasteiger partial charge in [0.15, 0.2) is 17.3 Å². The van der Waals surface area contributed by atoms with Crippen molar-refractivity contribution in [3.8, 4) is 11.5 Å². The third kappa shape index (κ3) is 3.64. The molecule has 0 bridgehead atoms. The fourth-order valence-electron chi connectivity index (χ4n) is 2.26. The molecule has 6 nitrogen and oxygen atoms in total. The Bertz CT molecular complexity index is 829. The number of thioether (sulfide) groups is 1. The van der Waals surface area contributed by atoms with Crippen molar-refractivity contribution >= 4 is 28.1 Å². The van der Waals surface area contributed by atoms with Crippen LogP contribution in [0.2, 0.25) is 0 Å². The molecule has 0 fully saturated rings. The summed E-state index contributed by atoms with van der Waals surface area (Å²) in [5.74, 6) is 3.18. The SMILES string of the molecule is COc1ccc(Cc2nn3c(CSC(C)C)nnc3s2)cc1OC. The average Bonchev–Trinajstić information content (AvgIpc) is 3.13. The van der Waals surface area contributed by atoms with E-state index >= 15 is 0 Å². The van der Waals surface area contributed by atoms with Crippen LogP contribution in [0.25, 0.3) is 4.96 Å². The highest BCUT2D eigenvalue weighted by atomic mass is 32.2. The van der Waals surface area contributed by atoms with E-state index < -0.39 is 0 Å². The maximum absolute atomic E-state index is 5.36. The topological polar surface area (TPSA) is 61.5 Å². The Morgan fingerprint density at radius 3 is 2.67 bits per heavy atom. The minimum absolute atomic E-state index is 0.558. The van der Waals surface area contributed by atoms with Crippen LogP contribution in [-0.4, -0.2) is 39.3 Å². The van der Waals surface area contributed by atoms with Gasteiger partial charge < -0.3 is 9.47 Å². The van der Waals surface area contributed by atoms with Crippen LogP contribution in [-0.2, 0) is 12.2 Å². The first-order chi connectivity index (χ1) is 11.6.